The molecule has 1 aromatic carbocycles. The number of Topliss-reactive ketones (excluding diaryl/α,β-unsaturated/α-hetero) is 1. The summed E-state index contributed by atoms with van der Waals surface area (Å²) in [5.41, 5.74) is 2.16. The van der Waals surface area contributed by atoms with Gasteiger partial charge in [-0.2, -0.15) is 0 Å². The SMILES string of the molecule is Cc1ccc(C(=O)CCNC(=O)Nc2cccnc2Cl)cc1. The third-order valence-corrected chi connectivity index (χ3v) is 3.32. The van der Waals surface area contributed by atoms with Gasteiger partial charge in [-0.15, -0.1) is 0 Å². The number of anilines is 1. The van der Waals surface area contributed by atoms with E-state index in [0.29, 0.717) is 11.3 Å². The molecule has 2 amide bonds. The number of aryl methyl sites for hydroxylation is 1. The van der Waals surface area contributed by atoms with Crippen molar-refractivity contribution in [2.75, 3.05) is 11.9 Å². The van der Waals surface area contributed by atoms with Crippen LogP contribution in [0.1, 0.15) is 22.3 Å². The van der Waals surface area contributed by atoms with E-state index in [1.165, 1.54) is 6.20 Å². The predicted octanol–water partition coefficient (Wildman–Crippen LogP) is 3.44. The average molecular weight is 318 g/mol. The Morgan fingerprint density at radius 3 is 2.59 bits per heavy atom. The van der Waals surface area contributed by atoms with E-state index in [9.17, 15) is 9.59 Å². The smallest absolute Gasteiger partial charge is 0.319 e. The summed E-state index contributed by atoms with van der Waals surface area (Å²) in [6.07, 6.45) is 1.77. The monoisotopic (exact) mass is 317 g/mol. The summed E-state index contributed by atoms with van der Waals surface area (Å²) in [5, 5.41) is 5.40. The van der Waals surface area contributed by atoms with Gasteiger partial charge in [-0.25, -0.2) is 9.78 Å². The van der Waals surface area contributed by atoms with Crippen LogP contribution in [-0.4, -0.2) is 23.3 Å². The molecule has 2 N–H and O–H groups in total. The number of benzene rings is 1. The Labute approximate surface area is 133 Å². The van der Waals surface area contributed by atoms with Crippen molar-refractivity contribution in [1.29, 1.82) is 0 Å². The minimum absolute atomic E-state index is 0.0142. The number of aromatic nitrogens is 1. The van der Waals surface area contributed by atoms with Crippen molar-refractivity contribution in [2.45, 2.75) is 13.3 Å². The minimum atomic E-state index is -0.424. The highest BCUT2D eigenvalue weighted by Gasteiger charge is 2.08. The summed E-state index contributed by atoms with van der Waals surface area (Å²) in [5.74, 6) is -0.0142. The van der Waals surface area contributed by atoms with Gasteiger partial charge < -0.3 is 10.6 Å². The molecule has 1 aromatic heterocycles. The molecule has 0 bridgehead atoms. The molecule has 22 heavy (non-hydrogen) atoms. The van der Waals surface area contributed by atoms with E-state index in [4.69, 9.17) is 11.6 Å². The third-order valence-electron chi connectivity index (χ3n) is 3.02. The summed E-state index contributed by atoms with van der Waals surface area (Å²) >= 11 is 5.84. The standard InChI is InChI=1S/C16H16ClN3O2/c1-11-4-6-12(7-5-11)14(21)8-10-19-16(22)20-13-3-2-9-18-15(13)17/h2-7,9H,8,10H2,1H3,(H2,19,20,22). The lowest BCUT2D eigenvalue weighted by atomic mass is 10.1. The Bertz CT molecular complexity index is 671. The molecule has 0 saturated carbocycles. The highest BCUT2D eigenvalue weighted by Crippen LogP contribution is 2.16. The van der Waals surface area contributed by atoms with Crippen molar-refractivity contribution < 1.29 is 9.59 Å². The topological polar surface area (TPSA) is 71.1 Å². The molecule has 0 fully saturated rings. The number of nitrogens with one attached hydrogen (secondary N) is 2. The second-order valence-electron chi connectivity index (χ2n) is 4.76. The van der Waals surface area contributed by atoms with Crippen LogP contribution in [0, 0.1) is 6.92 Å². The zero-order valence-corrected chi connectivity index (χ0v) is 12.9. The van der Waals surface area contributed by atoms with Gasteiger partial charge in [0.15, 0.2) is 10.9 Å². The molecule has 2 rings (SSSR count). The van der Waals surface area contributed by atoms with E-state index < -0.39 is 6.03 Å². The highest BCUT2D eigenvalue weighted by atomic mass is 35.5. The van der Waals surface area contributed by atoms with Gasteiger partial charge in [0.25, 0.3) is 0 Å². The Balaban J connectivity index is 1.78. The molecule has 6 heteroatoms. The van der Waals surface area contributed by atoms with E-state index in [1.807, 2.05) is 19.1 Å². The van der Waals surface area contributed by atoms with Crippen LogP contribution < -0.4 is 10.6 Å². The fourth-order valence-corrected chi connectivity index (χ4v) is 1.99. The molecule has 0 saturated heterocycles. The first-order valence-electron chi connectivity index (χ1n) is 6.81. The fourth-order valence-electron chi connectivity index (χ4n) is 1.82. The Morgan fingerprint density at radius 1 is 1.18 bits per heavy atom. The third kappa shape index (κ3) is 4.56. The van der Waals surface area contributed by atoms with Crippen LogP contribution in [0.25, 0.3) is 0 Å². The molecule has 0 aliphatic rings. The first-order valence-corrected chi connectivity index (χ1v) is 7.19. The Hall–Kier alpha value is -2.40. The first-order chi connectivity index (χ1) is 10.6. The van der Waals surface area contributed by atoms with E-state index in [-0.39, 0.29) is 23.9 Å². The van der Waals surface area contributed by atoms with Gasteiger partial charge in [0.05, 0.1) is 5.69 Å². The van der Waals surface area contributed by atoms with E-state index >= 15 is 0 Å². The van der Waals surface area contributed by atoms with Crippen LogP contribution in [0.5, 0.6) is 0 Å². The summed E-state index contributed by atoms with van der Waals surface area (Å²) in [4.78, 5) is 27.5. The van der Waals surface area contributed by atoms with Crippen LogP contribution in [0.2, 0.25) is 5.15 Å². The fraction of sp³-hybridized carbons (Fsp3) is 0.188. The lowest BCUT2D eigenvalue weighted by Gasteiger charge is -2.08. The van der Waals surface area contributed by atoms with Gasteiger partial charge in [-0.1, -0.05) is 41.4 Å². The van der Waals surface area contributed by atoms with Gasteiger partial charge in [0.2, 0.25) is 0 Å². The number of amides is 2. The van der Waals surface area contributed by atoms with Crippen molar-refractivity contribution in [3.05, 3.63) is 58.9 Å². The molecule has 114 valence electrons. The Morgan fingerprint density at radius 2 is 1.91 bits per heavy atom. The molecule has 0 radical (unpaired) electrons. The van der Waals surface area contributed by atoms with Gasteiger partial charge in [0.1, 0.15) is 0 Å². The van der Waals surface area contributed by atoms with Crippen LogP contribution in [0.3, 0.4) is 0 Å². The van der Waals surface area contributed by atoms with Crippen molar-refractivity contribution in [3.8, 4) is 0 Å². The minimum Gasteiger partial charge on any atom is -0.337 e. The maximum absolute atomic E-state index is 11.9. The van der Waals surface area contributed by atoms with Gasteiger partial charge in [0, 0.05) is 24.7 Å². The highest BCUT2D eigenvalue weighted by molar-refractivity contribution is 6.32. The van der Waals surface area contributed by atoms with Crippen LogP contribution in [0.4, 0.5) is 10.5 Å². The number of carbonyl (C=O) groups excluding carboxylic acids is 2. The summed E-state index contributed by atoms with van der Waals surface area (Å²) in [6, 6.07) is 10.2. The second kappa shape index (κ2) is 7.56. The molecule has 2 aromatic rings. The molecule has 0 atom stereocenters. The van der Waals surface area contributed by atoms with Crippen LogP contribution >= 0.6 is 11.6 Å². The normalized spacial score (nSPS) is 10.1. The summed E-state index contributed by atoms with van der Waals surface area (Å²) in [7, 11) is 0. The summed E-state index contributed by atoms with van der Waals surface area (Å²) < 4.78 is 0. The quantitative estimate of drug-likeness (QED) is 0.655. The van der Waals surface area contributed by atoms with Crippen LogP contribution in [0.15, 0.2) is 42.6 Å². The largest absolute Gasteiger partial charge is 0.337 e. The van der Waals surface area contributed by atoms with Crippen molar-refractivity contribution >= 4 is 29.1 Å². The molecule has 0 spiro atoms. The maximum Gasteiger partial charge on any atom is 0.319 e. The first kappa shape index (κ1) is 16.0. The van der Waals surface area contributed by atoms with Crippen molar-refractivity contribution in [1.82, 2.24) is 10.3 Å². The number of urea groups is 1. The van der Waals surface area contributed by atoms with E-state index in [2.05, 4.69) is 15.6 Å². The molecular weight excluding hydrogens is 302 g/mol. The van der Waals surface area contributed by atoms with Crippen molar-refractivity contribution in [3.63, 3.8) is 0 Å². The van der Waals surface area contributed by atoms with Gasteiger partial charge >= 0.3 is 6.03 Å². The molecule has 0 aliphatic heterocycles. The van der Waals surface area contributed by atoms with Gasteiger partial charge in [-0.05, 0) is 19.1 Å². The number of carbonyl (C=O) groups is 2. The molecule has 5 nitrogen and oxygen atoms in total. The van der Waals surface area contributed by atoms with Crippen LogP contribution in [-0.2, 0) is 0 Å². The number of ketones is 1. The molecule has 0 unspecified atom stereocenters. The number of hydrogen-bond acceptors (Lipinski definition) is 3. The van der Waals surface area contributed by atoms with Gasteiger partial charge in [-0.3, -0.25) is 4.79 Å². The number of pyridine rings is 1. The number of nitrogens with zero attached hydrogens (tertiary/aromatic N) is 1. The second-order valence-corrected chi connectivity index (χ2v) is 5.12. The van der Waals surface area contributed by atoms with Crippen molar-refractivity contribution in [2.24, 2.45) is 0 Å². The Kier molecular flexibility index (Phi) is 5.49. The lowest BCUT2D eigenvalue weighted by molar-refractivity contribution is 0.0984. The zero-order chi connectivity index (χ0) is 15.9. The molecular formula is C16H16ClN3O2. The average Bonchev–Trinajstić information content (AvgIpc) is 2.50. The number of halogens is 1. The number of hydrogen-bond donors (Lipinski definition) is 2. The molecule has 0 aliphatic carbocycles. The zero-order valence-electron chi connectivity index (χ0n) is 12.1. The van der Waals surface area contributed by atoms with E-state index in [0.717, 1.165) is 5.56 Å². The molecule has 1 heterocycles. The summed E-state index contributed by atoms with van der Waals surface area (Å²) in [6.45, 7) is 2.21. The predicted molar refractivity (Wildman–Crippen MR) is 86.4 cm³/mol. The number of rotatable bonds is 5. The van der Waals surface area contributed by atoms with E-state index in [1.54, 1.807) is 24.3 Å². The lowest BCUT2D eigenvalue weighted by Crippen LogP contribution is -2.30. The maximum atomic E-state index is 11.9.